The van der Waals surface area contributed by atoms with E-state index in [1.165, 1.54) is 24.3 Å². The van der Waals surface area contributed by atoms with Gasteiger partial charge in [0.2, 0.25) is 11.8 Å². The van der Waals surface area contributed by atoms with Gasteiger partial charge in [-0.25, -0.2) is 4.39 Å². The topological polar surface area (TPSA) is 95.6 Å². The fourth-order valence-corrected chi connectivity index (χ4v) is 3.20. The number of benzene rings is 1. The number of rotatable bonds is 6. The summed E-state index contributed by atoms with van der Waals surface area (Å²) in [6, 6.07) is 5.19. The maximum Gasteiger partial charge on any atom is 0.293 e. The van der Waals surface area contributed by atoms with E-state index in [1.807, 2.05) is 0 Å². The molecule has 1 aromatic rings. The highest BCUT2D eigenvalue weighted by Gasteiger charge is 2.35. The van der Waals surface area contributed by atoms with Crippen LogP contribution in [-0.4, -0.2) is 47.0 Å². The van der Waals surface area contributed by atoms with E-state index in [4.69, 9.17) is 0 Å². The standard InChI is InChI=1S/C20H24FN3O4S/c1-12(23-18(27)20(2,3)4)16(25)22-9-10-24-17(26)15(29-19(24)28)11-13-7-5-6-8-14(13)21/h5-8,11-12H,9-10H2,1-4H3,(H,22,25)(H,23,27)/b15-11-/t12-/m1/s1. The molecule has 1 aliphatic rings. The molecule has 2 rings (SSSR count). The highest BCUT2D eigenvalue weighted by molar-refractivity contribution is 8.18. The molecule has 0 aromatic heterocycles. The van der Waals surface area contributed by atoms with Gasteiger partial charge in [-0.1, -0.05) is 39.0 Å². The largest absolute Gasteiger partial charge is 0.353 e. The highest BCUT2D eigenvalue weighted by Crippen LogP contribution is 2.32. The second-order valence-corrected chi connectivity index (χ2v) is 8.58. The van der Waals surface area contributed by atoms with Gasteiger partial charge in [-0.3, -0.25) is 24.1 Å². The minimum absolute atomic E-state index is 0.0229. The summed E-state index contributed by atoms with van der Waals surface area (Å²) in [6.45, 7) is 6.78. The van der Waals surface area contributed by atoms with Crippen molar-refractivity contribution in [2.45, 2.75) is 33.7 Å². The average Bonchev–Trinajstić information content (AvgIpc) is 2.90. The molecule has 0 spiro atoms. The molecule has 0 radical (unpaired) electrons. The molecule has 0 unspecified atom stereocenters. The Morgan fingerprint density at radius 1 is 1.24 bits per heavy atom. The number of thioether (sulfide) groups is 1. The Morgan fingerprint density at radius 3 is 2.52 bits per heavy atom. The van der Waals surface area contributed by atoms with Crippen LogP contribution in [0.1, 0.15) is 33.3 Å². The van der Waals surface area contributed by atoms with E-state index < -0.39 is 34.3 Å². The normalized spacial score (nSPS) is 16.9. The molecule has 4 amide bonds. The van der Waals surface area contributed by atoms with Crippen LogP contribution < -0.4 is 10.6 Å². The molecular weight excluding hydrogens is 397 g/mol. The van der Waals surface area contributed by atoms with Gasteiger partial charge in [0, 0.05) is 24.1 Å². The van der Waals surface area contributed by atoms with Crippen LogP contribution in [0, 0.1) is 11.2 Å². The van der Waals surface area contributed by atoms with Crippen molar-refractivity contribution in [2.75, 3.05) is 13.1 Å². The third-order valence-electron chi connectivity index (χ3n) is 4.12. The number of nitrogens with zero attached hydrogens (tertiary/aromatic N) is 1. The molecule has 1 saturated heterocycles. The van der Waals surface area contributed by atoms with E-state index in [9.17, 15) is 23.6 Å². The summed E-state index contributed by atoms with van der Waals surface area (Å²) >= 11 is 0.724. The van der Waals surface area contributed by atoms with Crippen LogP contribution in [0.4, 0.5) is 9.18 Å². The maximum atomic E-state index is 13.8. The lowest BCUT2D eigenvalue weighted by Crippen LogP contribution is -2.49. The van der Waals surface area contributed by atoms with E-state index in [1.54, 1.807) is 33.8 Å². The Bertz CT molecular complexity index is 864. The van der Waals surface area contributed by atoms with Gasteiger partial charge >= 0.3 is 0 Å². The number of amides is 4. The SMILES string of the molecule is C[C@@H](NC(=O)C(C)(C)C)C(=O)NCCN1C(=O)S/C(=C\c2ccccc2F)C1=O. The van der Waals surface area contributed by atoms with E-state index in [-0.39, 0.29) is 29.5 Å². The lowest BCUT2D eigenvalue weighted by molar-refractivity contribution is -0.133. The minimum atomic E-state index is -0.752. The van der Waals surface area contributed by atoms with Crippen molar-refractivity contribution in [3.63, 3.8) is 0 Å². The Kier molecular flexibility index (Phi) is 7.18. The lowest BCUT2D eigenvalue weighted by Gasteiger charge is -2.21. The van der Waals surface area contributed by atoms with Gasteiger partial charge in [-0.2, -0.15) is 0 Å². The Labute approximate surface area is 173 Å². The van der Waals surface area contributed by atoms with Crippen LogP contribution in [0.2, 0.25) is 0 Å². The van der Waals surface area contributed by atoms with Gasteiger partial charge in [-0.05, 0) is 30.8 Å². The zero-order chi connectivity index (χ0) is 21.8. The molecule has 0 bridgehead atoms. The molecule has 2 N–H and O–H groups in total. The molecule has 9 heteroatoms. The summed E-state index contributed by atoms with van der Waals surface area (Å²) < 4.78 is 13.8. The zero-order valence-electron chi connectivity index (χ0n) is 16.7. The van der Waals surface area contributed by atoms with Gasteiger partial charge in [0.1, 0.15) is 11.9 Å². The van der Waals surface area contributed by atoms with Crippen molar-refractivity contribution in [3.05, 3.63) is 40.6 Å². The highest BCUT2D eigenvalue weighted by atomic mass is 32.2. The molecule has 29 heavy (non-hydrogen) atoms. The lowest BCUT2D eigenvalue weighted by atomic mass is 9.95. The van der Waals surface area contributed by atoms with Gasteiger partial charge in [-0.15, -0.1) is 0 Å². The summed E-state index contributed by atoms with van der Waals surface area (Å²) in [5.41, 5.74) is -0.407. The molecule has 7 nitrogen and oxygen atoms in total. The van der Waals surface area contributed by atoms with E-state index >= 15 is 0 Å². The second kappa shape index (κ2) is 9.21. The van der Waals surface area contributed by atoms with E-state index in [2.05, 4.69) is 10.6 Å². The fourth-order valence-electron chi connectivity index (χ4n) is 2.35. The molecule has 156 valence electrons. The number of hydrogen-bond acceptors (Lipinski definition) is 5. The molecular formula is C20H24FN3O4S. The van der Waals surface area contributed by atoms with Crippen molar-refractivity contribution < 1.29 is 23.6 Å². The van der Waals surface area contributed by atoms with Crippen LogP contribution in [0.15, 0.2) is 29.2 Å². The van der Waals surface area contributed by atoms with E-state index in [0.717, 1.165) is 16.7 Å². The quantitative estimate of drug-likeness (QED) is 0.689. The van der Waals surface area contributed by atoms with Gasteiger partial charge in [0.05, 0.1) is 4.91 Å². The molecule has 1 atom stereocenters. The van der Waals surface area contributed by atoms with Crippen LogP contribution in [0.5, 0.6) is 0 Å². The summed E-state index contributed by atoms with van der Waals surface area (Å²) in [6.07, 6.45) is 1.34. The first-order valence-electron chi connectivity index (χ1n) is 9.09. The summed E-state index contributed by atoms with van der Waals surface area (Å²) in [5, 5.41) is 4.72. The number of carbonyl (C=O) groups excluding carboxylic acids is 4. The van der Waals surface area contributed by atoms with Crippen LogP contribution in [0.25, 0.3) is 6.08 Å². The maximum absolute atomic E-state index is 13.8. The van der Waals surface area contributed by atoms with Crippen molar-refractivity contribution >= 4 is 40.8 Å². The van der Waals surface area contributed by atoms with Gasteiger partial charge in [0.15, 0.2) is 0 Å². The number of halogens is 1. The second-order valence-electron chi connectivity index (χ2n) is 7.59. The number of nitrogens with one attached hydrogen (secondary N) is 2. The zero-order valence-corrected chi connectivity index (χ0v) is 17.6. The Hall–Kier alpha value is -2.68. The van der Waals surface area contributed by atoms with Crippen molar-refractivity contribution in [2.24, 2.45) is 5.41 Å². The number of hydrogen-bond donors (Lipinski definition) is 2. The van der Waals surface area contributed by atoms with Crippen molar-refractivity contribution in [1.82, 2.24) is 15.5 Å². The molecule has 1 aromatic carbocycles. The van der Waals surface area contributed by atoms with E-state index in [0.29, 0.717) is 0 Å². The summed E-state index contributed by atoms with van der Waals surface area (Å²) in [4.78, 5) is 49.7. The first-order chi connectivity index (χ1) is 13.5. The summed E-state index contributed by atoms with van der Waals surface area (Å²) in [7, 11) is 0. The third-order valence-corrected chi connectivity index (χ3v) is 5.03. The van der Waals surface area contributed by atoms with Crippen LogP contribution in [0.3, 0.4) is 0 Å². The molecule has 1 heterocycles. The molecule has 1 aliphatic heterocycles. The fraction of sp³-hybridized carbons (Fsp3) is 0.400. The predicted molar refractivity (Wildman–Crippen MR) is 109 cm³/mol. The first kappa shape index (κ1) is 22.6. The Balaban J connectivity index is 1.90. The summed E-state index contributed by atoms with van der Waals surface area (Å²) in [5.74, 6) is -1.70. The third kappa shape index (κ3) is 5.90. The van der Waals surface area contributed by atoms with Gasteiger partial charge < -0.3 is 10.6 Å². The monoisotopic (exact) mass is 421 g/mol. The first-order valence-corrected chi connectivity index (χ1v) is 9.91. The predicted octanol–water partition coefficient (Wildman–Crippen LogP) is 2.53. The van der Waals surface area contributed by atoms with Crippen molar-refractivity contribution in [1.29, 1.82) is 0 Å². The van der Waals surface area contributed by atoms with Crippen LogP contribution in [-0.2, 0) is 14.4 Å². The van der Waals surface area contributed by atoms with Crippen LogP contribution >= 0.6 is 11.8 Å². The Morgan fingerprint density at radius 2 is 1.90 bits per heavy atom. The number of carbonyl (C=O) groups is 4. The number of imide groups is 1. The molecule has 0 saturated carbocycles. The smallest absolute Gasteiger partial charge is 0.293 e. The average molecular weight is 421 g/mol. The van der Waals surface area contributed by atoms with Gasteiger partial charge in [0.25, 0.3) is 11.1 Å². The van der Waals surface area contributed by atoms with Crippen molar-refractivity contribution in [3.8, 4) is 0 Å². The molecule has 1 fully saturated rings. The molecule has 0 aliphatic carbocycles. The minimum Gasteiger partial charge on any atom is -0.353 e.